The van der Waals surface area contributed by atoms with E-state index in [0.717, 1.165) is 24.1 Å². The van der Waals surface area contributed by atoms with E-state index in [1.807, 2.05) is 26.0 Å². The van der Waals surface area contributed by atoms with Crippen molar-refractivity contribution in [3.8, 4) is 0 Å². The summed E-state index contributed by atoms with van der Waals surface area (Å²) in [6.45, 7) is 6.24. The van der Waals surface area contributed by atoms with E-state index in [2.05, 4.69) is 15.5 Å². The Bertz CT molecular complexity index is 701. The summed E-state index contributed by atoms with van der Waals surface area (Å²) in [6, 6.07) is 6.46. The maximum absolute atomic E-state index is 12.5. The molecule has 2 heterocycles. The molecule has 134 valence electrons. The summed E-state index contributed by atoms with van der Waals surface area (Å²) in [7, 11) is 0. The van der Waals surface area contributed by atoms with Crippen LogP contribution in [-0.2, 0) is 10.2 Å². The number of amides is 2. The molecule has 0 atom stereocenters. The fourth-order valence-corrected chi connectivity index (χ4v) is 4.29. The second-order valence-corrected chi connectivity index (χ2v) is 8.23. The largest absolute Gasteiger partial charge is 0.349 e. The Morgan fingerprint density at radius 3 is 2.64 bits per heavy atom. The van der Waals surface area contributed by atoms with Crippen molar-refractivity contribution in [2.45, 2.75) is 63.5 Å². The van der Waals surface area contributed by atoms with E-state index in [4.69, 9.17) is 0 Å². The Balaban J connectivity index is 1.35. The van der Waals surface area contributed by atoms with Crippen LogP contribution >= 0.6 is 0 Å². The number of carbonyl (C=O) groups is 2. The van der Waals surface area contributed by atoms with Gasteiger partial charge in [-0.05, 0) is 70.3 Å². The SMILES string of the molecule is CC1(C)C(=O)Nc2cc(C(=O)NC3CC(N4CCCCC4)C3)ccc21. The number of likely N-dealkylation sites (tertiary alicyclic amines) is 1. The first-order valence-electron chi connectivity index (χ1n) is 9.46. The van der Waals surface area contributed by atoms with Crippen LogP contribution in [0, 0.1) is 0 Å². The summed E-state index contributed by atoms with van der Waals surface area (Å²) in [6.07, 6.45) is 6.09. The lowest BCUT2D eigenvalue weighted by molar-refractivity contribution is -0.119. The van der Waals surface area contributed by atoms with Crippen molar-refractivity contribution < 1.29 is 9.59 Å². The van der Waals surface area contributed by atoms with Crippen LogP contribution in [0.3, 0.4) is 0 Å². The standard InChI is InChI=1S/C20H27N3O2/c1-20(2)16-7-6-13(10-17(16)22-19(20)25)18(24)21-14-11-15(12-14)23-8-4-3-5-9-23/h6-7,10,14-15H,3-5,8-9,11-12H2,1-2H3,(H,21,24)(H,22,25). The maximum Gasteiger partial charge on any atom is 0.251 e. The molecule has 1 aromatic carbocycles. The van der Waals surface area contributed by atoms with E-state index in [-0.39, 0.29) is 17.9 Å². The second kappa shape index (κ2) is 6.13. The first-order valence-corrected chi connectivity index (χ1v) is 9.46. The molecular weight excluding hydrogens is 314 g/mol. The molecule has 5 heteroatoms. The van der Waals surface area contributed by atoms with E-state index in [0.29, 0.717) is 11.6 Å². The first kappa shape index (κ1) is 16.6. The third-order valence-electron chi connectivity index (χ3n) is 6.13. The molecule has 2 fully saturated rings. The fraction of sp³-hybridized carbons (Fsp3) is 0.600. The molecule has 25 heavy (non-hydrogen) atoms. The smallest absolute Gasteiger partial charge is 0.251 e. The Morgan fingerprint density at radius 1 is 1.20 bits per heavy atom. The van der Waals surface area contributed by atoms with E-state index >= 15 is 0 Å². The van der Waals surface area contributed by atoms with Gasteiger partial charge in [-0.2, -0.15) is 0 Å². The fourth-order valence-electron chi connectivity index (χ4n) is 4.29. The molecule has 0 unspecified atom stereocenters. The Morgan fingerprint density at radius 2 is 1.92 bits per heavy atom. The van der Waals surface area contributed by atoms with Crippen molar-refractivity contribution in [2.24, 2.45) is 0 Å². The summed E-state index contributed by atoms with van der Waals surface area (Å²) < 4.78 is 0. The van der Waals surface area contributed by atoms with E-state index in [1.54, 1.807) is 6.07 Å². The lowest BCUT2D eigenvalue weighted by Gasteiger charge is -2.44. The summed E-state index contributed by atoms with van der Waals surface area (Å²) >= 11 is 0. The average Bonchev–Trinajstić information content (AvgIpc) is 2.80. The maximum atomic E-state index is 12.5. The van der Waals surface area contributed by atoms with Crippen molar-refractivity contribution >= 4 is 17.5 Å². The molecule has 0 spiro atoms. The molecular formula is C20H27N3O2. The van der Waals surface area contributed by atoms with Gasteiger partial charge >= 0.3 is 0 Å². The number of carbonyl (C=O) groups excluding carboxylic acids is 2. The van der Waals surface area contributed by atoms with Crippen LogP contribution < -0.4 is 10.6 Å². The van der Waals surface area contributed by atoms with Gasteiger partial charge in [-0.25, -0.2) is 0 Å². The molecule has 3 aliphatic rings. The Labute approximate surface area is 149 Å². The zero-order valence-corrected chi connectivity index (χ0v) is 15.1. The van der Waals surface area contributed by atoms with Crippen LogP contribution in [0.25, 0.3) is 0 Å². The Hall–Kier alpha value is -1.88. The number of benzene rings is 1. The van der Waals surface area contributed by atoms with Gasteiger partial charge in [0.1, 0.15) is 0 Å². The van der Waals surface area contributed by atoms with Crippen LogP contribution in [-0.4, -0.2) is 41.9 Å². The number of nitrogens with one attached hydrogen (secondary N) is 2. The van der Waals surface area contributed by atoms with Gasteiger partial charge < -0.3 is 15.5 Å². The van der Waals surface area contributed by atoms with E-state index in [1.165, 1.54) is 32.4 Å². The van der Waals surface area contributed by atoms with Crippen LogP contribution in [0.4, 0.5) is 5.69 Å². The highest BCUT2D eigenvalue weighted by Gasteiger charge is 2.39. The molecule has 2 amide bonds. The summed E-state index contributed by atoms with van der Waals surface area (Å²) in [5.74, 6) is -0.0488. The topological polar surface area (TPSA) is 61.4 Å². The zero-order valence-electron chi connectivity index (χ0n) is 15.1. The van der Waals surface area contributed by atoms with Crippen molar-refractivity contribution in [3.05, 3.63) is 29.3 Å². The predicted molar refractivity (Wildman–Crippen MR) is 97.8 cm³/mol. The molecule has 5 nitrogen and oxygen atoms in total. The number of hydrogen-bond acceptors (Lipinski definition) is 3. The van der Waals surface area contributed by atoms with Gasteiger partial charge in [0.05, 0.1) is 5.41 Å². The lowest BCUT2D eigenvalue weighted by atomic mass is 9.84. The van der Waals surface area contributed by atoms with Crippen molar-refractivity contribution in [3.63, 3.8) is 0 Å². The van der Waals surface area contributed by atoms with Gasteiger partial charge in [0.15, 0.2) is 0 Å². The molecule has 0 aromatic heterocycles. The van der Waals surface area contributed by atoms with Crippen LogP contribution in [0.15, 0.2) is 18.2 Å². The van der Waals surface area contributed by atoms with Crippen molar-refractivity contribution in [1.82, 2.24) is 10.2 Å². The van der Waals surface area contributed by atoms with Gasteiger partial charge in [0, 0.05) is 23.3 Å². The van der Waals surface area contributed by atoms with Crippen LogP contribution in [0.1, 0.15) is 61.9 Å². The minimum Gasteiger partial charge on any atom is -0.349 e. The second-order valence-electron chi connectivity index (χ2n) is 8.23. The number of anilines is 1. The van der Waals surface area contributed by atoms with Gasteiger partial charge in [-0.3, -0.25) is 9.59 Å². The Kier molecular flexibility index (Phi) is 4.07. The molecule has 4 rings (SSSR count). The first-order chi connectivity index (χ1) is 11.9. The average molecular weight is 341 g/mol. The third-order valence-corrected chi connectivity index (χ3v) is 6.13. The molecule has 1 saturated carbocycles. The number of nitrogens with zero attached hydrogens (tertiary/aromatic N) is 1. The van der Waals surface area contributed by atoms with Crippen LogP contribution in [0.2, 0.25) is 0 Å². The highest BCUT2D eigenvalue weighted by Crippen LogP contribution is 2.37. The molecule has 1 saturated heterocycles. The molecule has 0 bridgehead atoms. The molecule has 1 aromatic rings. The zero-order chi connectivity index (χ0) is 17.6. The minimum atomic E-state index is -0.528. The molecule has 0 radical (unpaired) electrons. The van der Waals surface area contributed by atoms with Crippen molar-refractivity contribution in [1.29, 1.82) is 0 Å². The molecule has 2 aliphatic heterocycles. The third kappa shape index (κ3) is 2.95. The number of hydrogen-bond donors (Lipinski definition) is 2. The highest BCUT2D eigenvalue weighted by atomic mass is 16.2. The quantitative estimate of drug-likeness (QED) is 0.888. The monoisotopic (exact) mass is 341 g/mol. The van der Waals surface area contributed by atoms with Crippen LogP contribution in [0.5, 0.6) is 0 Å². The molecule has 1 aliphatic carbocycles. The normalized spacial score (nSPS) is 28.0. The number of rotatable bonds is 3. The van der Waals surface area contributed by atoms with Gasteiger partial charge in [0.2, 0.25) is 5.91 Å². The minimum absolute atomic E-state index is 0.0107. The number of fused-ring (bicyclic) bond motifs is 1. The van der Waals surface area contributed by atoms with Crippen molar-refractivity contribution in [2.75, 3.05) is 18.4 Å². The summed E-state index contributed by atoms with van der Waals surface area (Å²) in [4.78, 5) is 27.2. The predicted octanol–water partition coefficient (Wildman–Crippen LogP) is 2.66. The van der Waals surface area contributed by atoms with E-state index < -0.39 is 5.41 Å². The lowest BCUT2D eigenvalue weighted by Crippen LogP contribution is -2.54. The van der Waals surface area contributed by atoms with Gasteiger partial charge in [-0.1, -0.05) is 12.5 Å². The van der Waals surface area contributed by atoms with E-state index in [9.17, 15) is 9.59 Å². The molecule has 2 N–H and O–H groups in total. The highest BCUT2D eigenvalue weighted by molar-refractivity contribution is 6.07. The number of piperidine rings is 1. The van der Waals surface area contributed by atoms with Gasteiger partial charge in [-0.15, -0.1) is 0 Å². The van der Waals surface area contributed by atoms with Gasteiger partial charge in [0.25, 0.3) is 5.91 Å². The summed E-state index contributed by atoms with van der Waals surface area (Å²) in [5, 5.41) is 6.04. The summed E-state index contributed by atoms with van der Waals surface area (Å²) in [5.41, 5.74) is 1.82.